The van der Waals surface area contributed by atoms with Gasteiger partial charge in [0.25, 0.3) is 0 Å². The molecule has 0 aliphatic heterocycles. The Morgan fingerprint density at radius 2 is 2.11 bits per heavy atom. The maximum Gasteiger partial charge on any atom is 0.0861 e. The first-order valence-corrected chi connectivity index (χ1v) is 6.67. The second-order valence-electron chi connectivity index (χ2n) is 4.58. The van der Waals surface area contributed by atoms with Gasteiger partial charge in [-0.3, -0.25) is 9.67 Å². The van der Waals surface area contributed by atoms with Crippen LogP contribution in [-0.2, 0) is 6.42 Å². The SMILES string of the molecule is CC(C)n1cc(C(O)Cc2cncc(Br)c2)cn1. The lowest BCUT2D eigenvalue weighted by atomic mass is 10.1. The second kappa shape index (κ2) is 5.63. The molecule has 0 spiro atoms. The van der Waals surface area contributed by atoms with Crippen LogP contribution in [0.4, 0.5) is 0 Å². The van der Waals surface area contributed by atoms with Crippen molar-refractivity contribution in [3.63, 3.8) is 0 Å². The Bertz CT molecular complexity index is 524. The minimum Gasteiger partial charge on any atom is -0.388 e. The van der Waals surface area contributed by atoms with E-state index in [-0.39, 0.29) is 0 Å². The van der Waals surface area contributed by atoms with E-state index in [9.17, 15) is 5.11 Å². The lowest BCUT2D eigenvalue weighted by molar-refractivity contribution is 0.178. The number of aliphatic hydroxyl groups excluding tert-OH is 1. The molecule has 0 amide bonds. The molecule has 5 heteroatoms. The van der Waals surface area contributed by atoms with Gasteiger partial charge in [-0.2, -0.15) is 5.10 Å². The van der Waals surface area contributed by atoms with Gasteiger partial charge in [-0.1, -0.05) is 0 Å². The van der Waals surface area contributed by atoms with Crippen LogP contribution in [0, 0.1) is 0 Å². The summed E-state index contributed by atoms with van der Waals surface area (Å²) in [4.78, 5) is 4.09. The molecule has 2 aromatic heterocycles. The van der Waals surface area contributed by atoms with Gasteiger partial charge in [-0.15, -0.1) is 0 Å². The molecule has 2 aromatic rings. The van der Waals surface area contributed by atoms with E-state index in [2.05, 4.69) is 39.9 Å². The van der Waals surface area contributed by atoms with Gasteiger partial charge in [-0.05, 0) is 41.4 Å². The van der Waals surface area contributed by atoms with Crippen molar-refractivity contribution in [3.8, 4) is 0 Å². The Balaban J connectivity index is 2.09. The molecular weight excluding hydrogens is 294 g/mol. The van der Waals surface area contributed by atoms with Crippen molar-refractivity contribution < 1.29 is 5.11 Å². The van der Waals surface area contributed by atoms with Crippen LogP contribution in [0.3, 0.4) is 0 Å². The molecule has 0 aliphatic rings. The van der Waals surface area contributed by atoms with Crippen LogP contribution in [-0.4, -0.2) is 19.9 Å². The molecule has 1 atom stereocenters. The van der Waals surface area contributed by atoms with Crippen molar-refractivity contribution in [2.45, 2.75) is 32.4 Å². The summed E-state index contributed by atoms with van der Waals surface area (Å²) in [5.41, 5.74) is 1.83. The van der Waals surface area contributed by atoms with Crippen molar-refractivity contribution in [2.75, 3.05) is 0 Å². The number of pyridine rings is 1. The third-order valence-corrected chi connectivity index (χ3v) is 3.16. The van der Waals surface area contributed by atoms with Crippen LogP contribution in [0.15, 0.2) is 35.3 Å². The summed E-state index contributed by atoms with van der Waals surface area (Å²) in [6.07, 6.45) is 7.09. The molecule has 0 radical (unpaired) electrons. The molecule has 96 valence electrons. The number of hydrogen-bond acceptors (Lipinski definition) is 3. The molecule has 0 aromatic carbocycles. The van der Waals surface area contributed by atoms with Crippen molar-refractivity contribution in [1.82, 2.24) is 14.8 Å². The van der Waals surface area contributed by atoms with Crippen molar-refractivity contribution in [2.24, 2.45) is 0 Å². The molecule has 0 aliphatic carbocycles. The molecule has 1 unspecified atom stereocenters. The average Bonchev–Trinajstić information content (AvgIpc) is 2.78. The summed E-state index contributed by atoms with van der Waals surface area (Å²) in [6.45, 7) is 4.11. The van der Waals surface area contributed by atoms with Gasteiger partial charge in [0.2, 0.25) is 0 Å². The number of aromatic nitrogens is 3. The fourth-order valence-electron chi connectivity index (χ4n) is 1.72. The zero-order valence-corrected chi connectivity index (χ0v) is 12.0. The van der Waals surface area contributed by atoms with Crippen molar-refractivity contribution in [1.29, 1.82) is 0 Å². The third kappa shape index (κ3) is 3.17. The Kier molecular flexibility index (Phi) is 4.14. The minimum absolute atomic E-state index is 0.304. The number of rotatable bonds is 4. The lowest BCUT2D eigenvalue weighted by Crippen LogP contribution is -2.02. The topological polar surface area (TPSA) is 50.9 Å². The van der Waals surface area contributed by atoms with Crippen LogP contribution in [0.5, 0.6) is 0 Å². The van der Waals surface area contributed by atoms with Crippen LogP contribution in [0.1, 0.15) is 37.1 Å². The standard InChI is InChI=1S/C13H16BrN3O/c1-9(2)17-8-11(6-16-17)13(18)4-10-3-12(14)7-15-5-10/h3,5-9,13,18H,4H2,1-2H3. The monoisotopic (exact) mass is 309 g/mol. The summed E-state index contributed by atoms with van der Waals surface area (Å²) >= 11 is 3.37. The molecule has 4 nitrogen and oxygen atoms in total. The number of halogens is 1. The zero-order valence-electron chi connectivity index (χ0n) is 10.4. The number of hydrogen-bond donors (Lipinski definition) is 1. The van der Waals surface area contributed by atoms with Crippen LogP contribution in [0.2, 0.25) is 0 Å². The highest BCUT2D eigenvalue weighted by Gasteiger charge is 2.12. The van der Waals surface area contributed by atoms with Crippen LogP contribution >= 0.6 is 15.9 Å². The van der Waals surface area contributed by atoms with Gasteiger partial charge in [-0.25, -0.2) is 0 Å². The first-order chi connectivity index (χ1) is 8.56. The average molecular weight is 310 g/mol. The lowest BCUT2D eigenvalue weighted by Gasteiger charge is -2.08. The summed E-state index contributed by atoms with van der Waals surface area (Å²) in [7, 11) is 0. The summed E-state index contributed by atoms with van der Waals surface area (Å²) in [5, 5.41) is 14.4. The van der Waals surface area contributed by atoms with E-state index in [1.807, 2.05) is 16.9 Å². The van der Waals surface area contributed by atoms with E-state index >= 15 is 0 Å². The third-order valence-electron chi connectivity index (χ3n) is 2.73. The quantitative estimate of drug-likeness (QED) is 0.944. The molecule has 2 heterocycles. The molecule has 1 N–H and O–H groups in total. The predicted octanol–water partition coefficient (Wildman–Crippen LogP) is 2.90. The molecular formula is C13H16BrN3O. The van der Waals surface area contributed by atoms with Gasteiger partial charge in [0.15, 0.2) is 0 Å². The maximum absolute atomic E-state index is 10.2. The van der Waals surface area contributed by atoms with Crippen molar-refractivity contribution >= 4 is 15.9 Å². The Morgan fingerprint density at radius 1 is 1.33 bits per heavy atom. The van der Waals surface area contributed by atoms with Crippen LogP contribution < -0.4 is 0 Å². The van der Waals surface area contributed by atoms with Gasteiger partial charge >= 0.3 is 0 Å². The van der Waals surface area contributed by atoms with E-state index in [4.69, 9.17) is 0 Å². The molecule has 0 bridgehead atoms. The van der Waals surface area contributed by atoms with E-state index in [0.29, 0.717) is 12.5 Å². The maximum atomic E-state index is 10.2. The predicted molar refractivity (Wildman–Crippen MR) is 73.2 cm³/mol. The number of aliphatic hydroxyl groups is 1. The first-order valence-electron chi connectivity index (χ1n) is 5.88. The smallest absolute Gasteiger partial charge is 0.0861 e. The Morgan fingerprint density at radius 3 is 2.72 bits per heavy atom. The highest BCUT2D eigenvalue weighted by Crippen LogP contribution is 2.20. The van der Waals surface area contributed by atoms with E-state index in [1.54, 1.807) is 18.6 Å². The molecule has 18 heavy (non-hydrogen) atoms. The second-order valence-corrected chi connectivity index (χ2v) is 5.49. The minimum atomic E-state index is -0.548. The van der Waals surface area contributed by atoms with Crippen molar-refractivity contribution in [3.05, 3.63) is 46.5 Å². The fourth-order valence-corrected chi connectivity index (χ4v) is 2.13. The fraction of sp³-hybridized carbons (Fsp3) is 0.385. The van der Waals surface area contributed by atoms with E-state index in [0.717, 1.165) is 15.6 Å². The highest BCUT2D eigenvalue weighted by molar-refractivity contribution is 9.10. The summed E-state index contributed by atoms with van der Waals surface area (Å²) in [6, 6.07) is 2.27. The molecule has 2 rings (SSSR count). The largest absolute Gasteiger partial charge is 0.388 e. The highest BCUT2D eigenvalue weighted by atomic mass is 79.9. The van der Waals surface area contributed by atoms with E-state index < -0.39 is 6.10 Å². The zero-order chi connectivity index (χ0) is 13.1. The normalized spacial score (nSPS) is 12.9. The Labute approximate surface area is 115 Å². The summed E-state index contributed by atoms with van der Waals surface area (Å²) < 4.78 is 2.77. The van der Waals surface area contributed by atoms with E-state index in [1.165, 1.54) is 0 Å². The van der Waals surface area contributed by atoms with Gasteiger partial charge in [0.1, 0.15) is 0 Å². The molecule has 0 saturated carbocycles. The van der Waals surface area contributed by atoms with Gasteiger partial charge < -0.3 is 5.11 Å². The number of nitrogens with zero attached hydrogens (tertiary/aromatic N) is 3. The molecule has 0 saturated heterocycles. The van der Waals surface area contributed by atoms with Crippen LogP contribution in [0.25, 0.3) is 0 Å². The van der Waals surface area contributed by atoms with Gasteiger partial charge in [0.05, 0.1) is 12.3 Å². The van der Waals surface area contributed by atoms with Gasteiger partial charge in [0, 0.05) is 41.1 Å². The summed E-state index contributed by atoms with van der Waals surface area (Å²) in [5.74, 6) is 0. The first kappa shape index (κ1) is 13.2. The Hall–Kier alpha value is -1.20. The molecule has 0 fully saturated rings.